The molecule has 0 bridgehead atoms. The Hall–Kier alpha value is -3.67. The van der Waals surface area contributed by atoms with Crippen LogP contribution in [0, 0.1) is 13.8 Å². The molecule has 12 heteroatoms. The molecule has 0 aliphatic carbocycles. The van der Waals surface area contributed by atoms with E-state index in [4.69, 9.17) is 4.42 Å². The standard InChI is InChI=1S/C21H17F3N4O4S/c1-12-9-15(10-13(2)18(12)32-33(29,30)21(22,23)24)19-25-26-20(31-19)16-11-17(28(3)27-16)14-7-5-4-6-8-14/h4-11H,1-3H3. The van der Waals surface area contributed by atoms with Gasteiger partial charge < -0.3 is 8.60 Å². The third-order valence-corrected chi connectivity index (χ3v) is 5.73. The first kappa shape index (κ1) is 22.5. The van der Waals surface area contributed by atoms with Crippen LogP contribution in [0.15, 0.2) is 52.9 Å². The zero-order valence-corrected chi connectivity index (χ0v) is 18.4. The molecular weight excluding hydrogens is 461 g/mol. The monoisotopic (exact) mass is 478 g/mol. The van der Waals surface area contributed by atoms with Gasteiger partial charge in [0.05, 0.1) is 5.69 Å². The first-order chi connectivity index (χ1) is 15.5. The number of aromatic nitrogens is 4. The average molecular weight is 478 g/mol. The van der Waals surface area contributed by atoms with E-state index in [2.05, 4.69) is 19.5 Å². The number of hydrogen-bond donors (Lipinski definition) is 0. The normalized spacial score (nSPS) is 12.2. The number of aryl methyl sites for hydroxylation is 3. The molecule has 2 heterocycles. The highest BCUT2D eigenvalue weighted by Gasteiger charge is 2.49. The van der Waals surface area contributed by atoms with Gasteiger partial charge in [0.2, 0.25) is 5.89 Å². The average Bonchev–Trinajstić information content (AvgIpc) is 3.37. The van der Waals surface area contributed by atoms with E-state index >= 15 is 0 Å². The first-order valence-electron chi connectivity index (χ1n) is 9.52. The van der Waals surface area contributed by atoms with Crippen molar-refractivity contribution in [3.05, 3.63) is 59.7 Å². The largest absolute Gasteiger partial charge is 0.534 e. The molecule has 0 saturated heterocycles. The molecule has 8 nitrogen and oxygen atoms in total. The van der Waals surface area contributed by atoms with Crippen LogP contribution in [0.2, 0.25) is 0 Å². The van der Waals surface area contributed by atoms with Crippen LogP contribution in [-0.2, 0) is 17.2 Å². The second kappa shape index (κ2) is 8.03. The van der Waals surface area contributed by atoms with Gasteiger partial charge in [-0.05, 0) is 48.7 Å². The van der Waals surface area contributed by atoms with Crippen LogP contribution in [0.1, 0.15) is 11.1 Å². The number of alkyl halides is 3. The van der Waals surface area contributed by atoms with Crippen molar-refractivity contribution in [2.24, 2.45) is 7.05 Å². The summed E-state index contributed by atoms with van der Waals surface area (Å²) in [4.78, 5) is 0. The van der Waals surface area contributed by atoms with Crippen molar-refractivity contribution in [3.63, 3.8) is 0 Å². The Morgan fingerprint density at radius 1 is 0.939 bits per heavy atom. The molecule has 0 N–H and O–H groups in total. The minimum atomic E-state index is -5.79. The molecule has 0 aliphatic heterocycles. The van der Waals surface area contributed by atoms with Gasteiger partial charge in [-0.3, -0.25) is 4.68 Å². The maximum absolute atomic E-state index is 12.7. The van der Waals surface area contributed by atoms with Gasteiger partial charge in [0.25, 0.3) is 5.89 Å². The van der Waals surface area contributed by atoms with Crippen LogP contribution in [0.4, 0.5) is 13.2 Å². The second-order valence-corrected chi connectivity index (χ2v) is 8.78. The summed E-state index contributed by atoms with van der Waals surface area (Å²) in [6.45, 7) is 2.83. The van der Waals surface area contributed by atoms with Crippen molar-refractivity contribution in [2.45, 2.75) is 19.4 Å². The first-order valence-corrected chi connectivity index (χ1v) is 10.9. The lowest BCUT2D eigenvalue weighted by molar-refractivity contribution is -0.0500. The molecule has 0 aliphatic rings. The van der Waals surface area contributed by atoms with Crippen LogP contribution >= 0.6 is 0 Å². The van der Waals surface area contributed by atoms with E-state index in [9.17, 15) is 21.6 Å². The van der Waals surface area contributed by atoms with E-state index in [1.807, 2.05) is 30.3 Å². The van der Waals surface area contributed by atoms with Crippen molar-refractivity contribution in [3.8, 4) is 40.0 Å². The Morgan fingerprint density at radius 2 is 1.55 bits per heavy atom. The van der Waals surface area contributed by atoms with Gasteiger partial charge in [-0.1, -0.05) is 30.3 Å². The van der Waals surface area contributed by atoms with Gasteiger partial charge in [0.15, 0.2) is 0 Å². The Labute approximate surface area is 186 Å². The van der Waals surface area contributed by atoms with Crippen LogP contribution < -0.4 is 4.18 Å². The minimum absolute atomic E-state index is 0.0911. The molecule has 0 saturated carbocycles. The Bertz CT molecular complexity index is 1400. The van der Waals surface area contributed by atoms with Crippen molar-refractivity contribution in [1.29, 1.82) is 0 Å². The number of hydrogen-bond acceptors (Lipinski definition) is 7. The summed E-state index contributed by atoms with van der Waals surface area (Å²) in [5.74, 6) is -0.167. The maximum Gasteiger partial charge on any atom is 0.534 e. The predicted molar refractivity (Wildman–Crippen MR) is 112 cm³/mol. The molecule has 0 amide bonds. The Morgan fingerprint density at radius 3 is 2.15 bits per heavy atom. The maximum atomic E-state index is 12.7. The molecule has 33 heavy (non-hydrogen) atoms. The lowest BCUT2D eigenvalue weighted by Gasteiger charge is -2.14. The lowest BCUT2D eigenvalue weighted by Crippen LogP contribution is -2.28. The zero-order valence-electron chi connectivity index (χ0n) is 17.6. The molecular formula is C21H17F3N4O4S. The fraction of sp³-hybridized carbons (Fsp3) is 0.190. The number of rotatable bonds is 5. The molecule has 4 rings (SSSR count). The third-order valence-electron chi connectivity index (χ3n) is 4.78. The van der Waals surface area contributed by atoms with E-state index in [0.29, 0.717) is 11.3 Å². The lowest BCUT2D eigenvalue weighted by atomic mass is 10.1. The Kier molecular flexibility index (Phi) is 5.48. The smallest absolute Gasteiger partial charge is 0.415 e. The summed E-state index contributed by atoms with van der Waals surface area (Å²) in [6, 6.07) is 14.2. The SMILES string of the molecule is Cc1cc(-c2nnc(-c3cc(-c4ccccc4)n(C)n3)o2)cc(C)c1OS(=O)(=O)C(F)(F)F. The highest BCUT2D eigenvalue weighted by atomic mass is 32.2. The molecule has 2 aromatic heterocycles. The highest BCUT2D eigenvalue weighted by molar-refractivity contribution is 7.88. The van der Waals surface area contributed by atoms with Crippen LogP contribution in [-0.4, -0.2) is 33.9 Å². The summed E-state index contributed by atoms with van der Waals surface area (Å²) >= 11 is 0. The highest BCUT2D eigenvalue weighted by Crippen LogP contribution is 2.35. The van der Waals surface area contributed by atoms with E-state index in [0.717, 1.165) is 11.3 Å². The number of benzene rings is 2. The summed E-state index contributed by atoms with van der Waals surface area (Å²) in [5, 5.41) is 12.4. The molecule has 4 aromatic rings. The van der Waals surface area contributed by atoms with Gasteiger partial charge in [0.1, 0.15) is 11.4 Å². The van der Waals surface area contributed by atoms with Crippen molar-refractivity contribution in [2.75, 3.05) is 0 Å². The van der Waals surface area contributed by atoms with Gasteiger partial charge >= 0.3 is 15.6 Å². The fourth-order valence-electron chi connectivity index (χ4n) is 3.26. The molecule has 0 atom stereocenters. The summed E-state index contributed by atoms with van der Waals surface area (Å²) in [5.41, 5.74) is -2.60. The Balaban J connectivity index is 1.65. The van der Waals surface area contributed by atoms with E-state index < -0.39 is 21.4 Å². The van der Waals surface area contributed by atoms with E-state index in [-0.39, 0.29) is 22.9 Å². The summed E-state index contributed by atoms with van der Waals surface area (Å²) < 4.78 is 72.5. The van der Waals surface area contributed by atoms with E-state index in [1.165, 1.54) is 26.0 Å². The molecule has 2 aromatic carbocycles. The third kappa shape index (κ3) is 4.33. The minimum Gasteiger partial charge on any atom is -0.415 e. The van der Waals surface area contributed by atoms with Gasteiger partial charge in [-0.2, -0.15) is 26.7 Å². The van der Waals surface area contributed by atoms with Crippen molar-refractivity contribution >= 4 is 10.1 Å². The quantitative estimate of drug-likeness (QED) is 0.304. The topological polar surface area (TPSA) is 100 Å². The van der Waals surface area contributed by atoms with Crippen LogP contribution in [0.3, 0.4) is 0 Å². The van der Waals surface area contributed by atoms with Crippen LogP contribution in [0.25, 0.3) is 34.3 Å². The molecule has 172 valence electrons. The number of halogens is 3. The fourth-order valence-corrected chi connectivity index (χ4v) is 3.83. The summed E-state index contributed by atoms with van der Waals surface area (Å²) in [6.07, 6.45) is 0. The molecule has 0 spiro atoms. The van der Waals surface area contributed by atoms with Crippen molar-refractivity contribution < 1.29 is 30.2 Å². The number of nitrogens with zero attached hydrogens (tertiary/aromatic N) is 4. The van der Waals surface area contributed by atoms with Gasteiger partial charge in [-0.15, -0.1) is 10.2 Å². The zero-order chi connectivity index (χ0) is 24.0. The van der Waals surface area contributed by atoms with E-state index in [1.54, 1.807) is 17.8 Å². The molecule has 0 fully saturated rings. The second-order valence-electron chi connectivity index (χ2n) is 7.24. The van der Waals surface area contributed by atoms with Gasteiger partial charge in [0, 0.05) is 12.6 Å². The van der Waals surface area contributed by atoms with Gasteiger partial charge in [-0.25, -0.2) is 0 Å². The summed E-state index contributed by atoms with van der Waals surface area (Å²) in [7, 11) is -4.01. The van der Waals surface area contributed by atoms with Crippen LogP contribution in [0.5, 0.6) is 5.75 Å². The van der Waals surface area contributed by atoms with Crippen molar-refractivity contribution in [1.82, 2.24) is 20.0 Å². The predicted octanol–water partition coefficient (Wildman–Crippen LogP) is 4.65. The molecule has 0 unspecified atom stereocenters. The molecule has 0 radical (unpaired) electrons.